The van der Waals surface area contributed by atoms with E-state index in [9.17, 15) is 4.79 Å². The van der Waals surface area contributed by atoms with E-state index in [2.05, 4.69) is 18.8 Å². The Bertz CT molecular complexity index is 350. The third-order valence-corrected chi connectivity index (χ3v) is 2.81. The van der Waals surface area contributed by atoms with E-state index in [0.29, 0.717) is 11.5 Å². The molecule has 0 aliphatic rings. The molecule has 1 unspecified atom stereocenters. The van der Waals surface area contributed by atoms with Crippen LogP contribution in [0.3, 0.4) is 0 Å². The molecule has 0 radical (unpaired) electrons. The van der Waals surface area contributed by atoms with Crippen LogP contribution in [0.5, 0.6) is 0 Å². The van der Waals surface area contributed by atoms with Gasteiger partial charge in [-0.15, -0.1) is 0 Å². The molecule has 0 aliphatic heterocycles. The van der Waals surface area contributed by atoms with Gasteiger partial charge in [0, 0.05) is 6.20 Å². The van der Waals surface area contributed by atoms with Crippen LogP contribution in [0, 0.1) is 0 Å². The highest BCUT2D eigenvalue weighted by Gasteiger charge is 2.14. The number of nitrogens with zero attached hydrogens (tertiary/aromatic N) is 1. The van der Waals surface area contributed by atoms with Crippen molar-refractivity contribution in [3.63, 3.8) is 0 Å². The van der Waals surface area contributed by atoms with Crippen molar-refractivity contribution in [3.05, 3.63) is 29.6 Å². The van der Waals surface area contributed by atoms with Crippen molar-refractivity contribution in [1.29, 1.82) is 0 Å². The second kappa shape index (κ2) is 6.26. The maximum absolute atomic E-state index is 11.2. The van der Waals surface area contributed by atoms with E-state index in [4.69, 9.17) is 5.73 Å². The lowest BCUT2D eigenvalue weighted by molar-refractivity contribution is 0.0998. The Morgan fingerprint density at radius 2 is 2.25 bits per heavy atom. The molecule has 0 saturated carbocycles. The van der Waals surface area contributed by atoms with Crippen LogP contribution in [0.4, 0.5) is 0 Å². The van der Waals surface area contributed by atoms with Crippen LogP contribution in [-0.2, 0) is 0 Å². The lowest BCUT2D eigenvalue weighted by atomic mass is 9.96. The summed E-state index contributed by atoms with van der Waals surface area (Å²) in [7, 11) is 0. The molecular formula is C13H20N2O. The molecule has 0 fully saturated rings. The van der Waals surface area contributed by atoms with Crippen molar-refractivity contribution < 1.29 is 4.79 Å². The Balaban J connectivity index is 2.74. The predicted molar refractivity (Wildman–Crippen MR) is 65.3 cm³/mol. The lowest BCUT2D eigenvalue weighted by Crippen LogP contribution is -2.16. The number of amides is 1. The van der Waals surface area contributed by atoms with Crippen molar-refractivity contribution in [1.82, 2.24) is 4.98 Å². The largest absolute Gasteiger partial charge is 0.366 e. The van der Waals surface area contributed by atoms with Crippen LogP contribution < -0.4 is 5.73 Å². The smallest absolute Gasteiger partial charge is 0.250 e. The molecule has 0 aromatic carbocycles. The maximum Gasteiger partial charge on any atom is 0.250 e. The zero-order chi connectivity index (χ0) is 12.0. The second-order valence-corrected chi connectivity index (χ2v) is 4.20. The van der Waals surface area contributed by atoms with Gasteiger partial charge in [-0.05, 0) is 24.5 Å². The first kappa shape index (κ1) is 12.7. The summed E-state index contributed by atoms with van der Waals surface area (Å²) in [5.74, 6) is -0.0827. The van der Waals surface area contributed by atoms with Crippen molar-refractivity contribution in [2.75, 3.05) is 0 Å². The Morgan fingerprint density at radius 1 is 1.50 bits per heavy atom. The van der Waals surface area contributed by atoms with E-state index in [-0.39, 0.29) is 5.91 Å². The molecule has 88 valence electrons. The molecule has 2 N–H and O–H groups in total. The Hall–Kier alpha value is -1.38. The Labute approximate surface area is 97.1 Å². The minimum Gasteiger partial charge on any atom is -0.366 e. The average molecular weight is 220 g/mol. The summed E-state index contributed by atoms with van der Waals surface area (Å²) in [6.07, 6.45) is 6.39. The van der Waals surface area contributed by atoms with Crippen LogP contribution in [0.2, 0.25) is 0 Å². The molecule has 1 rings (SSSR count). The monoisotopic (exact) mass is 220 g/mol. The predicted octanol–water partition coefficient (Wildman–Crippen LogP) is 2.86. The van der Waals surface area contributed by atoms with E-state index in [1.807, 2.05) is 0 Å². The summed E-state index contributed by atoms with van der Waals surface area (Å²) >= 11 is 0. The topological polar surface area (TPSA) is 56.0 Å². The normalized spacial score (nSPS) is 12.4. The molecule has 16 heavy (non-hydrogen) atoms. The Morgan fingerprint density at radius 3 is 2.88 bits per heavy atom. The molecule has 1 heterocycles. The number of nitrogens with two attached hydrogens (primary N) is 1. The van der Waals surface area contributed by atoms with Crippen molar-refractivity contribution in [3.8, 4) is 0 Å². The number of hydrogen-bond acceptors (Lipinski definition) is 2. The van der Waals surface area contributed by atoms with Gasteiger partial charge in [-0.25, -0.2) is 0 Å². The minimum atomic E-state index is -0.384. The van der Waals surface area contributed by atoms with Gasteiger partial charge in [0.05, 0.1) is 11.3 Å². The van der Waals surface area contributed by atoms with E-state index >= 15 is 0 Å². The molecule has 0 spiro atoms. The van der Waals surface area contributed by atoms with Gasteiger partial charge in [0.15, 0.2) is 0 Å². The first-order chi connectivity index (χ1) is 7.66. The number of primary amides is 1. The third kappa shape index (κ3) is 3.33. The highest BCUT2D eigenvalue weighted by atomic mass is 16.1. The quantitative estimate of drug-likeness (QED) is 0.749. The van der Waals surface area contributed by atoms with Gasteiger partial charge in [-0.1, -0.05) is 33.1 Å². The highest BCUT2D eigenvalue weighted by Crippen LogP contribution is 2.22. The lowest BCUT2D eigenvalue weighted by Gasteiger charge is -2.13. The summed E-state index contributed by atoms with van der Waals surface area (Å²) in [4.78, 5) is 15.5. The van der Waals surface area contributed by atoms with Crippen molar-refractivity contribution in [2.24, 2.45) is 5.73 Å². The van der Waals surface area contributed by atoms with Gasteiger partial charge in [0.2, 0.25) is 0 Å². The number of unbranched alkanes of at least 4 members (excludes halogenated alkanes) is 2. The number of rotatable bonds is 6. The standard InChI is InChI=1S/C13H20N2O/c1-3-4-5-7-10(2)12-11(13(14)16)8-6-9-15-12/h6,8-10H,3-5,7H2,1-2H3,(H2,14,16). The molecular weight excluding hydrogens is 200 g/mol. The summed E-state index contributed by atoms with van der Waals surface area (Å²) in [5, 5.41) is 0. The molecule has 1 atom stereocenters. The Kier molecular flexibility index (Phi) is 4.96. The zero-order valence-electron chi connectivity index (χ0n) is 10.1. The molecule has 1 amide bonds. The zero-order valence-corrected chi connectivity index (χ0v) is 10.1. The summed E-state index contributed by atoms with van der Waals surface area (Å²) < 4.78 is 0. The highest BCUT2D eigenvalue weighted by molar-refractivity contribution is 5.93. The maximum atomic E-state index is 11.2. The minimum absolute atomic E-state index is 0.301. The SMILES string of the molecule is CCCCCC(C)c1ncccc1C(N)=O. The molecule has 3 heteroatoms. The first-order valence-electron chi connectivity index (χ1n) is 5.91. The van der Waals surface area contributed by atoms with Crippen LogP contribution in [0.1, 0.15) is 61.5 Å². The van der Waals surface area contributed by atoms with Gasteiger partial charge >= 0.3 is 0 Å². The molecule has 0 bridgehead atoms. The molecule has 1 aromatic rings. The summed E-state index contributed by atoms with van der Waals surface area (Å²) in [5.41, 5.74) is 6.73. The van der Waals surface area contributed by atoms with Crippen LogP contribution in [0.25, 0.3) is 0 Å². The van der Waals surface area contributed by atoms with E-state index in [1.54, 1.807) is 18.3 Å². The second-order valence-electron chi connectivity index (χ2n) is 4.20. The van der Waals surface area contributed by atoms with Crippen LogP contribution in [-0.4, -0.2) is 10.9 Å². The van der Waals surface area contributed by atoms with Crippen LogP contribution in [0.15, 0.2) is 18.3 Å². The number of carbonyl (C=O) groups is 1. The van der Waals surface area contributed by atoms with Crippen molar-refractivity contribution in [2.45, 2.75) is 45.4 Å². The van der Waals surface area contributed by atoms with Gasteiger partial charge < -0.3 is 5.73 Å². The fraction of sp³-hybridized carbons (Fsp3) is 0.538. The van der Waals surface area contributed by atoms with E-state index < -0.39 is 0 Å². The average Bonchev–Trinajstić information content (AvgIpc) is 2.29. The number of aromatic nitrogens is 1. The summed E-state index contributed by atoms with van der Waals surface area (Å²) in [6, 6.07) is 3.50. The van der Waals surface area contributed by atoms with Crippen LogP contribution >= 0.6 is 0 Å². The third-order valence-electron chi connectivity index (χ3n) is 2.81. The van der Waals surface area contributed by atoms with Gasteiger partial charge in [0.1, 0.15) is 0 Å². The molecule has 0 aliphatic carbocycles. The summed E-state index contributed by atoms with van der Waals surface area (Å²) in [6.45, 7) is 4.28. The van der Waals surface area contributed by atoms with Gasteiger partial charge in [-0.2, -0.15) is 0 Å². The molecule has 3 nitrogen and oxygen atoms in total. The number of hydrogen-bond donors (Lipinski definition) is 1. The fourth-order valence-corrected chi connectivity index (χ4v) is 1.86. The first-order valence-corrected chi connectivity index (χ1v) is 5.91. The van der Waals surface area contributed by atoms with E-state index in [1.165, 1.54) is 19.3 Å². The van der Waals surface area contributed by atoms with Crippen molar-refractivity contribution >= 4 is 5.91 Å². The van der Waals surface area contributed by atoms with E-state index in [0.717, 1.165) is 12.1 Å². The van der Waals surface area contributed by atoms with Gasteiger partial charge in [0.25, 0.3) is 5.91 Å². The number of carbonyl (C=O) groups excluding carboxylic acids is 1. The number of pyridine rings is 1. The fourth-order valence-electron chi connectivity index (χ4n) is 1.86. The van der Waals surface area contributed by atoms with Gasteiger partial charge in [-0.3, -0.25) is 9.78 Å². The molecule has 1 aromatic heterocycles. The molecule has 0 saturated heterocycles.